The van der Waals surface area contributed by atoms with E-state index in [0.717, 1.165) is 32.9 Å². The van der Waals surface area contributed by atoms with E-state index in [4.69, 9.17) is 47.4 Å². The van der Waals surface area contributed by atoms with E-state index in [1.807, 2.05) is 65.8 Å². The van der Waals surface area contributed by atoms with Crippen LogP contribution in [0.2, 0.25) is 0 Å². The van der Waals surface area contributed by atoms with Crippen molar-refractivity contribution >= 4 is 85.8 Å². The molecule has 2 aromatic carbocycles. The van der Waals surface area contributed by atoms with Gasteiger partial charge in [-0.2, -0.15) is 8.62 Å². The molecule has 0 radical (unpaired) electrons. The number of aryl methyl sites for hydroxylation is 2. The number of aromatic nitrogens is 2. The maximum absolute atomic E-state index is 13.5. The number of aromatic amines is 1. The average Bonchev–Trinajstić information content (AvgIpc) is 1.19. The number of carboxylic acid groups (broad SMARTS) is 1. The van der Waals surface area contributed by atoms with E-state index in [1.165, 1.54) is 22.9 Å². The molecule has 522 valence electrons. The van der Waals surface area contributed by atoms with Gasteiger partial charge in [-0.05, 0) is 121 Å². The number of hydrogen-bond donors (Lipinski definition) is 10. The Morgan fingerprint density at radius 1 is 0.832 bits per heavy atom. The lowest BCUT2D eigenvalue weighted by atomic mass is 9.88. The molecule has 95 heavy (non-hydrogen) atoms. The van der Waals surface area contributed by atoms with Gasteiger partial charge in [0.2, 0.25) is 0 Å². The van der Waals surface area contributed by atoms with Crippen LogP contribution in [0.25, 0.3) is 33.4 Å². The number of phosphoric ester groups is 1. The molecule has 0 bridgehead atoms. The number of unbranched alkanes of at least 4 members (excludes halogenated alkanes) is 1. The van der Waals surface area contributed by atoms with Gasteiger partial charge in [0.1, 0.15) is 35.2 Å². The Hall–Kier alpha value is -6.44. The van der Waals surface area contributed by atoms with Crippen LogP contribution in [0.15, 0.2) is 67.7 Å². The molecular formula is C58H78N7O25P3S2. The van der Waals surface area contributed by atoms with E-state index in [9.17, 15) is 57.4 Å². The van der Waals surface area contributed by atoms with E-state index in [0.29, 0.717) is 78.3 Å². The van der Waals surface area contributed by atoms with Gasteiger partial charge in [0.15, 0.2) is 0 Å². The number of alkyl carbamates (subject to hydrolysis) is 2. The highest BCUT2D eigenvalue weighted by atomic mass is 33.1. The molecule has 0 saturated carbocycles. The number of carbonyl (C=O) groups is 4. The SMILES string of the molecule is CC/N=c1/cc2oc3cc(NCC)c(C)cc3c(-c3cc(C(=O)NCCOCCOCCNC(=O)OCCC(C)(C)SSCOCCCCOC(=O)NC#Cc4cn([C@H]5CC(OCC)[C@@H](COP(=O)(O)OP(=O)(O)OP(=O)(O)O)O5)c(=O)[nH]c4=O)ccc3C(=O)O)c-2cc1C. The zero-order valence-corrected chi connectivity index (χ0v) is 57.3. The first-order chi connectivity index (χ1) is 45.0. The molecule has 0 spiro atoms. The monoisotopic (exact) mass is 1430 g/mol. The van der Waals surface area contributed by atoms with Gasteiger partial charge in [0.05, 0.1) is 63.3 Å². The molecule has 1 aromatic heterocycles. The van der Waals surface area contributed by atoms with Gasteiger partial charge in [0.25, 0.3) is 11.5 Å². The van der Waals surface area contributed by atoms with Crippen molar-refractivity contribution in [3.63, 3.8) is 0 Å². The number of nitrogens with one attached hydrogen (secondary N) is 5. The minimum Gasteiger partial charge on any atom is -0.478 e. The molecule has 32 nitrogen and oxygen atoms in total. The molecule has 1 saturated heterocycles. The molecule has 3 heterocycles. The summed E-state index contributed by atoms with van der Waals surface area (Å²) in [5, 5.41) is 22.9. The molecule has 3 amide bonds. The summed E-state index contributed by atoms with van der Waals surface area (Å²) in [5.41, 5.74) is 3.05. The predicted molar refractivity (Wildman–Crippen MR) is 349 cm³/mol. The second-order valence-electron chi connectivity index (χ2n) is 21.3. The van der Waals surface area contributed by atoms with Gasteiger partial charge >= 0.3 is 47.3 Å². The number of amides is 3. The topological polar surface area (TPSA) is 441 Å². The number of nitrogens with zero attached hydrogens (tertiary/aromatic N) is 2. The summed E-state index contributed by atoms with van der Waals surface area (Å²) in [7, 11) is -13.9. The first kappa shape index (κ1) is 77.6. The summed E-state index contributed by atoms with van der Waals surface area (Å²) < 4.78 is 92.8. The molecule has 10 N–H and O–H groups in total. The van der Waals surface area contributed by atoms with Gasteiger partial charge in [0, 0.05) is 103 Å². The van der Waals surface area contributed by atoms with Crippen molar-refractivity contribution in [1.82, 2.24) is 25.5 Å². The largest absolute Gasteiger partial charge is 0.490 e. The Bertz CT molecular complexity index is 3870. The van der Waals surface area contributed by atoms with Gasteiger partial charge < -0.3 is 78.2 Å². The Labute approximate surface area is 553 Å². The van der Waals surface area contributed by atoms with Crippen molar-refractivity contribution in [3.05, 3.63) is 103 Å². The van der Waals surface area contributed by atoms with E-state index in [1.54, 1.807) is 23.8 Å². The molecule has 6 rings (SSSR count). The first-order valence-corrected chi connectivity index (χ1v) is 36.6. The minimum atomic E-state index is -5.79. The van der Waals surface area contributed by atoms with Gasteiger partial charge in [-0.3, -0.25) is 28.7 Å². The maximum atomic E-state index is 13.5. The second kappa shape index (κ2) is 36.8. The van der Waals surface area contributed by atoms with Crippen LogP contribution in [0, 0.1) is 25.8 Å². The Kier molecular flexibility index (Phi) is 30.0. The lowest BCUT2D eigenvalue weighted by Crippen LogP contribution is -2.34. The smallest absolute Gasteiger partial charge is 0.478 e. The number of fused-ring (bicyclic) bond motifs is 2. The van der Waals surface area contributed by atoms with Crippen molar-refractivity contribution in [1.29, 1.82) is 0 Å². The third kappa shape index (κ3) is 24.9. The zero-order chi connectivity index (χ0) is 69.5. The average molecular weight is 1430 g/mol. The molecule has 37 heteroatoms. The molecule has 2 aliphatic heterocycles. The second-order valence-corrected chi connectivity index (χ2v) is 28.7. The fourth-order valence-corrected chi connectivity index (χ4v) is 14.6. The highest BCUT2D eigenvalue weighted by molar-refractivity contribution is 8.77. The summed E-state index contributed by atoms with van der Waals surface area (Å²) in [6, 6.07) is 14.5. The summed E-state index contributed by atoms with van der Waals surface area (Å²) in [5.74, 6) is 1.73. The Morgan fingerprint density at radius 3 is 2.24 bits per heavy atom. The van der Waals surface area contributed by atoms with Gasteiger partial charge in [-0.1, -0.05) is 21.6 Å². The fourth-order valence-electron chi connectivity index (χ4n) is 9.25. The number of benzene rings is 3. The van der Waals surface area contributed by atoms with Crippen LogP contribution >= 0.6 is 45.1 Å². The molecular weight excluding hydrogens is 1350 g/mol. The van der Waals surface area contributed by atoms with Crippen LogP contribution in [0.3, 0.4) is 0 Å². The van der Waals surface area contributed by atoms with E-state index in [-0.39, 0.29) is 87.2 Å². The normalized spacial score (nSPS) is 16.4. The number of ether oxygens (including phenoxy) is 7. The quantitative estimate of drug-likeness (QED) is 0.00355. The minimum absolute atomic E-state index is 0.0165. The van der Waals surface area contributed by atoms with E-state index < -0.39 is 83.8 Å². The van der Waals surface area contributed by atoms with Crippen molar-refractivity contribution in [2.24, 2.45) is 4.99 Å². The van der Waals surface area contributed by atoms with Crippen LogP contribution in [-0.4, -0.2) is 167 Å². The van der Waals surface area contributed by atoms with E-state index in [2.05, 4.69) is 56.4 Å². The number of hydrogen-bond acceptors (Lipinski definition) is 24. The van der Waals surface area contributed by atoms with Crippen molar-refractivity contribution < 1.29 is 108 Å². The van der Waals surface area contributed by atoms with Crippen LogP contribution in [-0.2, 0) is 60.0 Å². The Morgan fingerprint density at radius 2 is 1.55 bits per heavy atom. The highest BCUT2D eigenvalue weighted by Crippen LogP contribution is 2.66. The number of H-pyrrole nitrogens is 1. The molecule has 3 unspecified atom stereocenters. The van der Waals surface area contributed by atoms with E-state index >= 15 is 0 Å². The lowest BCUT2D eigenvalue weighted by molar-refractivity contribution is -0.0592. The van der Waals surface area contributed by atoms with Crippen LogP contribution in [0.4, 0.5) is 15.3 Å². The molecule has 3 aromatic rings. The molecule has 1 aliphatic carbocycles. The fraction of sp³-hybridized carbons (Fsp3) is 0.500. The number of anilines is 1. The number of carbonyl (C=O) groups excluding carboxylic acids is 3. The van der Waals surface area contributed by atoms with Crippen molar-refractivity contribution in [2.75, 3.05) is 96.9 Å². The summed E-state index contributed by atoms with van der Waals surface area (Å²) in [4.78, 5) is 120. The summed E-state index contributed by atoms with van der Waals surface area (Å²) in [6.45, 7) is 15.7. The van der Waals surface area contributed by atoms with Gasteiger partial charge in [-0.25, -0.2) is 38.2 Å². The summed E-state index contributed by atoms with van der Waals surface area (Å²) >= 11 is 0. The Balaban J connectivity index is 0.801. The highest BCUT2D eigenvalue weighted by Gasteiger charge is 2.44. The third-order valence-corrected chi connectivity index (χ3v) is 20.4. The number of carboxylic acids is 1. The standard InChI is InChI=1S/C58H78N7O25P3S2/c1-8-59-44-30-46-42(27-36(44)4)51(43-28-37(5)45(60-9-2)31-47(43)87-46)41-29-38(13-14-40(41)54(68)69)52(66)61-18-23-80-25-26-81-24-19-63-57(72)85-22-16-58(6,7)95-94-35-82-20-11-12-21-84-56(71)62-17-15-39-33-65(55(70)64-53(39)67)50-32-48(83-10-3)49(88-50)34-86-92(76,77)90-93(78,79)89-91(73,74)75/h13-14,27-31,33,48-50,59H,8-12,16,18-26,32,34-35H2,1-7H3,(H,61,66)(H,62,71)(H,63,72)(H,68,69)(H,76,77)(H,78,79)(H,64,67,70)(H2,73,74,75)/b60-45-/t48?,49-,50-/m1/s1. The van der Waals surface area contributed by atoms with Crippen molar-refractivity contribution in [3.8, 4) is 34.4 Å². The molecule has 1 fully saturated rings. The lowest BCUT2D eigenvalue weighted by Gasteiger charge is -2.22. The molecule has 3 aliphatic rings. The zero-order valence-electron chi connectivity index (χ0n) is 53.0. The van der Waals surface area contributed by atoms with Gasteiger partial charge in [-0.15, -0.1) is 0 Å². The maximum Gasteiger partial charge on any atom is 0.490 e. The molecule has 5 atom stereocenters. The third-order valence-electron chi connectivity index (χ3n) is 13.6. The number of aromatic carboxylic acids is 1. The summed E-state index contributed by atoms with van der Waals surface area (Å²) in [6.07, 6.45) is -2.36. The van der Waals surface area contributed by atoms with Crippen LogP contribution in [0.1, 0.15) is 104 Å². The van der Waals surface area contributed by atoms with Crippen LogP contribution in [0.5, 0.6) is 0 Å². The number of phosphoric acid groups is 3. The number of rotatable bonds is 37. The predicted octanol–water partition coefficient (Wildman–Crippen LogP) is 7.29. The van der Waals surface area contributed by atoms with Crippen molar-refractivity contribution in [2.45, 2.75) is 97.3 Å². The first-order valence-electron chi connectivity index (χ1n) is 29.7. The van der Waals surface area contributed by atoms with Crippen LogP contribution < -0.4 is 37.9 Å².